The second-order valence-corrected chi connectivity index (χ2v) is 7.74. The molecule has 0 unspecified atom stereocenters. The summed E-state index contributed by atoms with van der Waals surface area (Å²) in [6.45, 7) is 0.782. The van der Waals surface area contributed by atoms with Gasteiger partial charge in [-0.15, -0.1) is 0 Å². The van der Waals surface area contributed by atoms with E-state index in [2.05, 4.69) is 35.1 Å². The molecule has 1 aromatic carbocycles. The molecule has 4 rings (SSSR count). The van der Waals surface area contributed by atoms with Gasteiger partial charge in [0.25, 0.3) is 5.91 Å². The summed E-state index contributed by atoms with van der Waals surface area (Å²) in [5.41, 5.74) is 3.08. The van der Waals surface area contributed by atoms with Crippen molar-refractivity contribution in [3.05, 3.63) is 52.5 Å². The van der Waals surface area contributed by atoms with E-state index in [1.54, 1.807) is 11.3 Å². The Bertz CT molecular complexity index is 860. The Hall–Kier alpha value is -2.14. The van der Waals surface area contributed by atoms with Crippen molar-refractivity contribution in [1.82, 2.24) is 14.9 Å². The van der Waals surface area contributed by atoms with Crippen molar-refractivity contribution in [2.45, 2.75) is 31.6 Å². The zero-order valence-corrected chi connectivity index (χ0v) is 15.3. The first kappa shape index (κ1) is 16.3. The SMILES string of the molecule is Cn1c(C2CCC(CNC(=O)c3ccsc3)CC2)nc2ccccc21. The van der Waals surface area contributed by atoms with Crippen molar-refractivity contribution in [3.8, 4) is 0 Å². The van der Waals surface area contributed by atoms with E-state index < -0.39 is 0 Å². The van der Waals surface area contributed by atoms with Crippen LogP contribution in [0.25, 0.3) is 11.0 Å². The minimum Gasteiger partial charge on any atom is -0.352 e. The van der Waals surface area contributed by atoms with Gasteiger partial charge in [0.2, 0.25) is 0 Å². The molecule has 1 aliphatic rings. The largest absolute Gasteiger partial charge is 0.352 e. The van der Waals surface area contributed by atoms with Crippen LogP contribution >= 0.6 is 11.3 Å². The fraction of sp³-hybridized carbons (Fsp3) is 0.400. The third-order valence-corrected chi connectivity index (χ3v) is 6.05. The Morgan fingerprint density at radius 2 is 2.04 bits per heavy atom. The first-order valence-corrected chi connectivity index (χ1v) is 9.88. The van der Waals surface area contributed by atoms with E-state index in [1.165, 1.54) is 11.3 Å². The third kappa shape index (κ3) is 3.33. The molecule has 1 fully saturated rings. The molecular formula is C20H23N3OS. The number of para-hydroxylation sites is 2. The highest BCUT2D eigenvalue weighted by Crippen LogP contribution is 2.36. The molecule has 130 valence electrons. The lowest BCUT2D eigenvalue weighted by Crippen LogP contribution is -2.31. The molecule has 4 nitrogen and oxygen atoms in total. The van der Waals surface area contributed by atoms with Gasteiger partial charge in [0.05, 0.1) is 11.0 Å². The minimum absolute atomic E-state index is 0.0544. The molecule has 0 bridgehead atoms. The first-order chi connectivity index (χ1) is 12.2. The summed E-state index contributed by atoms with van der Waals surface area (Å²) in [7, 11) is 2.12. The summed E-state index contributed by atoms with van der Waals surface area (Å²) >= 11 is 1.56. The Morgan fingerprint density at radius 3 is 2.76 bits per heavy atom. The van der Waals surface area contributed by atoms with Crippen molar-refractivity contribution in [1.29, 1.82) is 0 Å². The number of carbonyl (C=O) groups excluding carboxylic acids is 1. The number of aromatic nitrogens is 2. The number of carbonyl (C=O) groups is 1. The molecule has 1 amide bonds. The Kier molecular flexibility index (Phi) is 4.57. The van der Waals surface area contributed by atoms with Crippen LogP contribution in [0.15, 0.2) is 41.1 Å². The summed E-state index contributed by atoms with van der Waals surface area (Å²) in [6.07, 6.45) is 4.60. The summed E-state index contributed by atoms with van der Waals surface area (Å²) in [6, 6.07) is 10.2. The maximum Gasteiger partial charge on any atom is 0.252 e. The lowest BCUT2D eigenvalue weighted by molar-refractivity contribution is 0.0943. The number of fused-ring (bicyclic) bond motifs is 1. The summed E-state index contributed by atoms with van der Waals surface area (Å²) in [5.74, 6) is 2.37. The van der Waals surface area contributed by atoms with E-state index in [0.717, 1.165) is 43.3 Å². The van der Waals surface area contributed by atoms with Crippen LogP contribution in [0.2, 0.25) is 0 Å². The van der Waals surface area contributed by atoms with Crippen LogP contribution in [0, 0.1) is 5.92 Å². The van der Waals surface area contributed by atoms with Crippen LogP contribution in [0.3, 0.4) is 0 Å². The van der Waals surface area contributed by atoms with Crippen LogP contribution < -0.4 is 5.32 Å². The molecular weight excluding hydrogens is 330 g/mol. The van der Waals surface area contributed by atoms with Crippen LogP contribution in [-0.2, 0) is 7.05 Å². The molecule has 2 aromatic heterocycles. The summed E-state index contributed by atoms with van der Waals surface area (Å²) in [5, 5.41) is 6.93. The van der Waals surface area contributed by atoms with Crippen LogP contribution in [-0.4, -0.2) is 22.0 Å². The number of hydrogen-bond donors (Lipinski definition) is 1. The van der Waals surface area contributed by atoms with Crippen molar-refractivity contribution in [2.24, 2.45) is 13.0 Å². The quantitative estimate of drug-likeness (QED) is 0.758. The number of rotatable bonds is 4. The van der Waals surface area contributed by atoms with E-state index in [9.17, 15) is 4.79 Å². The molecule has 0 spiro atoms. The number of benzene rings is 1. The highest BCUT2D eigenvalue weighted by molar-refractivity contribution is 7.08. The molecule has 1 N–H and O–H groups in total. The van der Waals surface area contributed by atoms with Crippen molar-refractivity contribution in [2.75, 3.05) is 6.54 Å². The van der Waals surface area contributed by atoms with Gasteiger partial charge in [-0.1, -0.05) is 12.1 Å². The number of aryl methyl sites for hydroxylation is 1. The maximum atomic E-state index is 12.1. The molecule has 2 heterocycles. The number of nitrogens with zero attached hydrogens (tertiary/aromatic N) is 2. The van der Waals surface area contributed by atoms with Gasteiger partial charge in [-0.25, -0.2) is 4.98 Å². The predicted molar refractivity (Wildman–Crippen MR) is 102 cm³/mol. The smallest absolute Gasteiger partial charge is 0.252 e. The zero-order valence-electron chi connectivity index (χ0n) is 14.4. The molecule has 5 heteroatoms. The number of imidazole rings is 1. The zero-order chi connectivity index (χ0) is 17.2. The number of nitrogens with one attached hydrogen (secondary N) is 1. The van der Waals surface area contributed by atoms with Crippen LogP contribution in [0.1, 0.15) is 47.8 Å². The fourth-order valence-corrected chi connectivity index (χ4v) is 4.52. The lowest BCUT2D eigenvalue weighted by atomic mass is 9.81. The number of amides is 1. The van der Waals surface area contributed by atoms with Crippen molar-refractivity contribution < 1.29 is 4.79 Å². The van der Waals surface area contributed by atoms with E-state index in [0.29, 0.717) is 11.8 Å². The maximum absolute atomic E-state index is 12.1. The van der Waals surface area contributed by atoms with Gasteiger partial charge in [0.15, 0.2) is 0 Å². The molecule has 0 radical (unpaired) electrons. The highest BCUT2D eigenvalue weighted by atomic mass is 32.1. The van der Waals surface area contributed by atoms with Gasteiger partial charge in [-0.2, -0.15) is 11.3 Å². The third-order valence-electron chi connectivity index (χ3n) is 5.37. The number of thiophene rings is 1. The van der Waals surface area contributed by atoms with Gasteiger partial charge >= 0.3 is 0 Å². The summed E-state index contributed by atoms with van der Waals surface area (Å²) in [4.78, 5) is 16.9. The fourth-order valence-electron chi connectivity index (χ4n) is 3.89. The molecule has 1 aliphatic carbocycles. The molecule has 25 heavy (non-hydrogen) atoms. The lowest BCUT2D eigenvalue weighted by Gasteiger charge is -2.28. The van der Waals surface area contributed by atoms with Gasteiger partial charge in [0, 0.05) is 30.5 Å². The van der Waals surface area contributed by atoms with E-state index in [-0.39, 0.29) is 5.91 Å². The first-order valence-electron chi connectivity index (χ1n) is 8.94. The Morgan fingerprint density at radius 1 is 1.24 bits per heavy atom. The molecule has 0 saturated heterocycles. The second kappa shape index (κ2) is 7.00. The monoisotopic (exact) mass is 353 g/mol. The predicted octanol–water partition coefficient (Wildman–Crippen LogP) is 4.34. The Labute approximate surface area is 151 Å². The standard InChI is InChI=1S/C20H23N3OS/c1-23-18-5-3-2-4-17(18)22-19(23)15-8-6-14(7-9-15)12-21-20(24)16-10-11-25-13-16/h2-5,10-11,13-15H,6-9,12H2,1H3,(H,21,24). The van der Waals surface area contributed by atoms with E-state index >= 15 is 0 Å². The van der Waals surface area contributed by atoms with Gasteiger partial charge < -0.3 is 9.88 Å². The van der Waals surface area contributed by atoms with Gasteiger partial charge in [0.1, 0.15) is 5.82 Å². The average Bonchev–Trinajstić information content (AvgIpc) is 3.29. The molecule has 0 atom stereocenters. The van der Waals surface area contributed by atoms with E-state index in [1.807, 2.05) is 22.9 Å². The second-order valence-electron chi connectivity index (χ2n) is 6.96. The number of hydrogen-bond acceptors (Lipinski definition) is 3. The molecule has 3 aromatic rings. The van der Waals surface area contributed by atoms with Gasteiger partial charge in [-0.05, 0) is 55.2 Å². The van der Waals surface area contributed by atoms with Crippen LogP contribution in [0.5, 0.6) is 0 Å². The van der Waals surface area contributed by atoms with Crippen molar-refractivity contribution >= 4 is 28.3 Å². The Balaban J connectivity index is 1.35. The topological polar surface area (TPSA) is 46.9 Å². The average molecular weight is 353 g/mol. The molecule has 1 saturated carbocycles. The highest BCUT2D eigenvalue weighted by Gasteiger charge is 2.26. The van der Waals surface area contributed by atoms with Crippen LogP contribution in [0.4, 0.5) is 0 Å². The van der Waals surface area contributed by atoms with Crippen molar-refractivity contribution in [3.63, 3.8) is 0 Å². The molecule has 0 aliphatic heterocycles. The van der Waals surface area contributed by atoms with Gasteiger partial charge in [-0.3, -0.25) is 4.79 Å². The normalized spacial score (nSPS) is 20.7. The van der Waals surface area contributed by atoms with E-state index in [4.69, 9.17) is 4.98 Å². The minimum atomic E-state index is 0.0544. The summed E-state index contributed by atoms with van der Waals surface area (Å²) < 4.78 is 2.25.